The predicted octanol–water partition coefficient (Wildman–Crippen LogP) is 7.82. The van der Waals surface area contributed by atoms with Gasteiger partial charge in [-0.05, 0) is 92.2 Å². The first-order valence-corrected chi connectivity index (χ1v) is 12.2. The van der Waals surface area contributed by atoms with E-state index >= 15 is 0 Å². The zero-order valence-corrected chi connectivity index (χ0v) is 20.0. The molecule has 2 unspecified atom stereocenters. The van der Waals surface area contributed by atoms with Crippen LogP contribution in [-0.4, -0.2) is 12.9 Å². The Kier molecular flexibility index (Phi) is 7.03. The van der Waals surface area contributed by atoms with Gasteiger partial charge in [0.1, 0.15) is 5.75 Å². The molecule has 1 aromatic carbocycles. The summed E-state index contributed by atoms with van der Waals surface area (Å²) in [4.78, 5) is 0. The lowest BCUT2D eigenvalue weighted by atomic mass is 9.49. The first-order chi connectivity index (χ1) is 13.8. The van der Waals surface area contributed by atoms with E-state index in [4.69, 9.17) is 9.47 Å². The first-order valence-electron chi connectivity index (χ1n) is 12.2. The molecule has 29 heavy (non-hydrogen) atoms. The van der Waals surface area contributed by atoms with Crippen molar-refractivity contribution in [3.63, 3.8) is 0 Å². The Morgan fingerprint density at radius 1 is 0.931 bits per heavy atom. The molecule has 4 saturated carbocycles. The number of ether oxygens (including phenoxy) is 2. The standard InChI is InChI=1S/C25H38O2.C2H6/c1-6-26-23(25-14-18-11-19(15-25)13-20(12-18)16-25)27-22-9-7-21(8-10-22)17(2)24(3,4)5;1-2/h7-10,17-20,23H,6,11-16H2,1-5H3;1-2H3. The molecule has 0 aromatic heterocycles. The minimum absolute atomic E-state index is 0.0817. The summed E-state index contributed by atoms with van der Waals surface area (Å²) >= 11 is 0. The van der Waals surface area contributed by atoms with E-state index in [0.29, 0.717) is 5.92 Å². The molecule has 1 aromatic rings. The highest BCUT2D eigenvalue weighted by atomic mass is 16.7. The van der Waals surface area contributed by atoms with E-state index in [-0.39, 0.29) is 17.1 Å². The maximum Gasteiger partial charge on any atom is 0.205 e. The Labute approximate surface area is 179 Å². The average molecular weight is 401 g/mol. The summed E-state index contributed by atoms with van der Waals surface area (Å²) in [6, 6.07) is 8.80. The Morgan fingerprint density at radius 3 is 1.83 bits per heavy atom. The number of hydrogen-bond donors (Lipinski definition) is 0. The maximum absolute atomic E-state index is 6.54. The van der Waals surface area contributed by atoms with E-state index in [1.54, 1.807) is 0 Å². The van der Waals surface area contributed by atoms with E-state index in [9.17, 15) is 0 Å². The van der Waals surface area contributed by atoms with Crippen LogP contribution in [0.4, 0.5) is 0 Å². The van der Waals surface area contributed by atoms with Gasteiger partial charge in [-0.1, -0.05) is 53.7 Å². The van der Waals surface area contributed by atoms with E-state index < -0.39 is 0 Å². The van der Waals surface area contributed by atoms with Crippen LogP contribution in [0.1, 0.15) is 98.5 Å². The number of hydrogen-bond acceptors (Lipinski definition) is 2. The molecular formula is C27H44O2. The molecule has 2 nitrogen and oxygen atoms in total. The van der Waals surface area contributed by atoms with Crippen molar-refractivity contribution in [2.24, 2.45) is 28.6 Å². The van der Waals surface area contributed by atoms with Gasteiger partial charge in [0.25, 0.3) is 0 Å². The molecule has 0 N–H and O–H groups in total. The molecule has 5 rings (SSSR count). The Balaban J connectivity index is 0.00000117. The third kappa shape index (κ3) is 4.84. The molecule has 0 radical (unpaired) electrons. The van der Waals surface area contributed by atoms with Crippen LogP contribution in [0.15, 0.2) is 24.3 Å². The van der Waals surface area contributed by atoms with Crippen LogP contribution in [0.25, 0.3) is 0 Å². The quantitative estimate of drug-likeness (QED) is 0.453. The van der Waals surface area contributed by atoms with E-state index in [0.717, 1.165) is 30.1 Å². The molecule has 4 aliphatic rings. The topological polar surface area (TPSA) is 18.5 Å². The van der Waals surface area contributed by atoms with Gasteiger partial charge in [0.15, 0.2) is 0 Å². The van der Waals surface area contributed by atoms with Crippen molar-refractivity contribution in [2.45, 2.75) is 99.2 Å². The fourth-order valence-electron chi connectivity index (χ4n) is 6.41. The molecule has 0 spiro atoms. The highest BCUT2D eigenvalue weighted by Gasteiger charge is 2.55. The van der Waals surface area contributed by atoms with Crippen molar-refractivity contribution in [2.75, 3.05) is 6.61 Å². The van der Waals surface area contributed by atoms with Crippen LogP contribution >= 0.6 is 0 Å². The summed E-state index contributed by atoms with van der Waals surface area (Å²) in [6.45, 7) is 16.1. The second-order valence-electron chi connectivity index (χ2n) is 10.8. The molecule has 0 aliphatic heterocycles. The normalized spacial score (nSPS) is 32.3. The molecule has 4 fully saturated rings. The average Bonchev–Trinajstić information content (AvgIpc) is 2.67. The van der Waals surface area contributed by atoms with Gasteiger partial charge >= 0.3 is 0 Å². The van der Waals surface area contributed by atoms with Gasteiger partial charge in [-0.15, -0.1) is 0 Å². The van der Waals surface area contributed by atoms with Gasteiger partial charge in [-0.25, -0.2) is 0 Å². The SMILES string of the molecule is CC.CCOC(Oc1ccc(C(C)C(C)(C)C)cc1)C12CC3CC(CC(C3)C1)C2. The lowest BCUT2D eigenvalue weighted by Gasteiger charge is -2.58. The van der Waals surface area contributed by atoms with E-state index in [1.165, 1.54) is 44.1 Å². The second-order valence-corrected chi connectivity index (χ2v) is 10.8. The number of benzene rings is 1. The molecular weight excluding hydrogens is 356 g/mol. The largest absolute Gasteiger partial charge is 0.464 e. The Hall–Kier alpha value is -1.02. The summed E-state index contributed by atoms with van der Waals surface area (Å²) in [5, 5.41) is 0. The van der Waals surface area contributed by atoms with Crippen LogP contribution in [0.5, 0.6) is 5.75 Å². The van der Waals surface area contributed by atoms with Crippen LogP contribution < -0.4 is 4.74 Å². The van der Waals surface area contributed by atoms with Crippen LogP contribution in [0.2, 0.25) is 0 Å². The smallest absolute Gasteiger partial charge is 0.205 e. The third-order valence-electron chi connectivity index (χ3n) is 7.83. The minimum Gasteiger partial charge on any atom is -0.464 e. The molecule has 0 amide bonds. The maximum atomic E-state index is 6.54. The molecule has 0 heterocycles. The molecule has 0 saturated heterocycles. The van der Waals surface area contributed by atoms with Gasteiger partial charge < -0.3 is 9.47 Å². The Morgan fingerprint density at radius 2 is 1.41 bits per heavy atom. The molecule has 164 valence electrons. The van der Waals surface area contributed by atoms with Crippen molar-refractivity contribution in [1.82, 2.24) is 0 Å². The van der Waals surface area contributed by atoms with Gasteiger partial charge in [0.05, 0.1) is 0 Å². The van der Waals surface area contributed by atoms with Crippen LogP contribution in [0.3, 0.4) is 0 Å². The van der Waals surface area contributed by atoms with Gasteiger partial charge in [-0.2, -0.15) is 0 Å². The molecule has 4 aliphatic carbocycles. The first kappa shape index (κ1) is 22.7. The van der Waals surface area contributed by atoms with Crippen LogP contribution in [-0.2, 0) is 4.74 Å². The zero-order valence-electron chi connectivity index (χ0n) is 20.0. The van der Waals surface area contributed by atoms with Crippen molar-refractivity contribution >= 4 is 0 Å². The molecule has 2 heteroatoms. The molecule has 4 bridgehead atoms. The lowest BCUT2D eigenvalue weighted by molar-refractivity contribution is -0.213. The van der Waals surface area contributed by atoms with Gasteiger partial charge in [-0.3, -0.25) is 0 Å². The van der Waals surface area contributed by atoms with E-state index in [2.05, 4.69) is 58.9 Å². The highest BCUT2D eigenvalue weighted by molar-refractivity contribution is 5.30. The van der Waals surface area contributed by atoms with Gasteiger partial charge in [0.2, 0.25) is 6.29 Å². The van der Waals surface area contributed by atoms with Crippen molar-refractivity contribution in [1.29, 1.82) is 0 Å². The lowest BCUT2D eigenvalue weighted by Crippen LogP contribution is -2.54. The predicted molar refractivity (Wildman–Crippen MR) is 122 cm³/mol. The van der Waals surface area contributed by atoms with Crippen molar-refractivity contribution in [3.05, 3.63) is 29.8 Å². The fraction of sp³-hybridized carbons (Fsp3) is 0.778. The number of rotatable bonds is 6. The summed E-state index contributed by atoms with van der Waals surface area (Å²) in [5.41, 5.74) is 1.91. The highest BCUT2D eigenvalue weighted by Crippen LogP contribution is 2.61. The third-order valence-corrected chi connectivity index (χ3v) is 7.83. The van der Waals surface area contributed by atoms with Crippen LogP contribution in [0, 0.1) is 28.6 Å². The zero-order chi connectivity index (χ0) is 21.2. The van der Waals surface area contributed by atoms with Crippen molar-refractivity contribution in [3.8, 4) is 5.75 Å². The second kappa shape index (κ2) is 9.00. The van der Waals surface area contributed by atoms with Gasteiger partial charge in [0, 0.05) is 12.0 Å². The fourth-order valence-corrected chi connectivity index (χ4v) is 6.41. The monoisotopic (exact) mass is 400 g/mol. The van der Waals surface area contributed by atoms with E-state index in [1.807, 2.05) is 13.8 Å². The summed E-state index contributed by atoms with van der Waals surface area (Å²) < 4.78 is 12.8. The Bertz CT molecular complexity index is 604. The summed E-state index contributed by atoms with van der Waals surface area (Å²) in [7, 11) is 0. The summed E-state index contributed by atoms with van der Waals surface area (Å²) in [5.74, 6) is 4.24. The molecule has 2 atom stereocenters. The minimum atomic E-state index is -0.0817. The summed E-state index contributed by atoms with van der Waals surface area (Å²) in [6.07, 6.45) is 8.21. The van der Waals surface area contributed by atoms with Crippen molar-refractivity contribution < 1.29 is 9.47 Å².